The summed E-state index contributed by atoms with van der Waals surface area (Å²) in [5.74, 6) is -3.21. The van der Waals surface area contributed by atoms with E-state index in [1.165, 1.54) is 0 Å². The smallest absolute Gasteiger partial charge is 0.307 e. The number of rotatable bonds is 17. The first kappa shape index (κ1) is 37.4. The van der Waals surface area contributed by atoms with Crippen LogP contribution >= 0.6 is 0 Å². The van der Waals surface area contributed by atoms with Gasteiger partial charge in [-0.3, -0.25) is 14.4 Å². The van der Waals surface area contributed by atoms with Crippen LogP contribution in [-0.4, -0.2) is 72.5 Å². The number of allylic oxidation sites excluding steroid dienone is 1. The van der Waals surface area contributed by atoms with Gasteiger partial charge in [-0.1, -0.05) is 84.4 Å². The lowest BCUT2D eigenvalue weighted by atomic mass is 9.85. The average Bonchev–Trinajstić information content (AvgIpc) is 3.94. The zero-order valence-electron chi connectivity index (χ0n) is 29.9. The molecule has 3 heterocycles. The van der Waals surface area contributed by atoms with Crippen LogP contribution in [0, 0.1) is 35.5 Å². The highest BCUT2D eigenvalue weighted by atomic mass is 16.4. The molecule has 6 N–H and O–H groups in total. The predicted molar refractivity (Wildman–Crippen MR) is 202 cm³/mol. The molecule has 3 fully saturated rings. The Hall–Kier alpha value is -4.31. The molecule has 0 amide bonds. The van der Waals surface area contributed by atoms with E-state index < -0.39 is 35.7 Å². The second-order valence-corrected chi connectivity index (χ2v) is 15.2. The van der Waals surface area contributed by atoms with Gasteiger partial charge in [-0.25, -0.2) is 0 Å². The monoisotopic (exact) mass is 707 g/mol. The molecule has 9 nitrogen and oxygen atoms in total. The van der Waals surface area contributed by atoms with Crippen molar-refractivity contribution in [1.29, 1.82) is 0 Å². The van der Waals surface area contributed by atoms with E-state index in [-0.39, 0.29) is 17.8 Å². The van der Waals surface area contributed by atoms with Gasteiger partial charge in [-0.15, -0.1) is 0 Å². The number of carboxylic acid groups (broad SMARTS) is 3. The maximum Gasteiger partial charge on any atom is 0.307 e. The first-order valence-electron chi connectivity index (χ1n) is 19.0. The molecule has 0 unspecified atom stereocenters. The van der Waals surface area contributed by atoms with Crippen molar-refractivity contribution in [1.82, 2.24) is 16.0 Å². The van der Waals surface area contributed by atoms with Crippen LogP contribution in [0.2, 0.25) is 0 Å². The van der Waals surface area contributed by atoms with Crippen LogP contribution in [0.4, 0.5) is 0 Å². The third-order valence-corrected chi connectivity index (χ3v) is 11.5. The van der Waals surface area contributed by atoms with Crippen LogP contribution < -0.4 is 16.0 Å². The van der Waals surface area contributed by atoms with Crippen molar-refractivity contribution in [2.75, 3.05) is 39.3 Å². The normalized spacial score (nSPS) is 21.7. The van der Waals surface area contributed by atoms with Crippen molar-refractivity contribution in [3.8, 4) is 0 Å². The molecule has 3 saturated heterocycles. The first-order chi connectivity index (χ1) is 25.2. The van der Waals surface area contributed by atoms with E-state index in [1.54, 1.807) is 0 Å². The van der Waals surface area contributed by atoms with Gasteiger partial charge in [0.1, 0.15) is 0 Å². The minimum Gasteiger partial charge on any atom is -0.481 e. The predicted octanol–water partition coefficient (Wildman–Crippen LogP) is 5.11. The van der Waals surface area contributed by atoms with Crippen molar-refractivity contribution in [3.05, 3.63) is 112 Å². The van der Waals surface area contributed by atoms with E-state index in [1.807, 2.05) is 36.4 Å². The lowest BCUT2D eigenvalue weighted by molar-refractivity contribution is -0.144. The van der Waals surface area contributed by atoms with Crippen molar-refractivity contribution < 1.29 is 29.7 Å². The molecule has 3 aliphatic heterocycles. The second-order valence-electron chi connectivity index (χ2n) is 15.2. The number of aliphatic carboxylic acids is 3. The Morgan fingerprint density at radius 3 is 1.29 bits per heavy atom. The number of hydrogen-bond acceptors (Lipinski definition) is 6. The van der Waals surface area contributed by atoms with Crippen LogP contribution in [0.1, 0.15) is 52.6 Å². The van der Waals surface area contributed by atoms with E-state index in [0.717, 1.165) is 97.5 Å². The van der Waals surface area contributed by atoms with Crippen molar-refractivity contribution in [3.63, 3.8) is 0 Å². The molecule has 9 heteroatoms. The van der Waals surface area contributed by atoms with Gasteiger partial charge in [0, 0.05) is 0 Å². The largest absolute Gasteiger partial charge is 0.481 e. The summed E-state index contributed by atoms with van der Waals surface area (Å²) in [5.41, 5.74) is 7.40. The van der Waals surface area contributed by atoms with E-state index in [0.29, 0.717) is 32.1 Å². The van der Waals surface area contributed by atoms with Crippen molar-refractivity contribution in [2.24, 2.45) is 35.5 Å². The molecule has 3 aliphatic rings. The quantitative estimate of drug-likeness (QED) is 0.113. The van der Waals surface area contributed by atoms with Crippen LogP contribution in [0.3, 0.4) is 0 Å². The summed E-state index contributed by atoms with van der Waals surface area (Å²) in [5, 5.41) is 40.1. The molecular weight excluding hydrogens is 654 g/mol. The van der Waals surface area contributed by atoms with Crippen LogP contribution in [0.15, 0.2) is 78.4 Å². The van der Waals surface area contributed by atoms with Gasteiger partial charge in [-0.2, -0.15) is 0 Å². The molecule has 6 atom stereocenters. The fraction of sp³-hybridized carbons (Fsp3) is 0.465. The van der Waals surface area contributed by atoms with Crippen molar-refractivity contribution in [2.45, 2.75) is 51.4 Å². The molecule has 0 spiro atoms. The molecule has 52 heavy (non-hydrogen) atoms. The highest BCUT2D eigenvalue weighted by Gasteiger charge is 2.32. The maximum absolute atomic E-state index is 12.3. The van der Waals surface area contributed by atoms with Gasteiger partial charge in [0.2, 0.25) is 0 Å². The van der Waals surface area contributed by atoms with Gasteiger partial charge in [0.15, 0.2) is 0 Å². The summed E-state index contributed by atoms with van der Waals surface area (Å²) >= 11 is 0. The average molecular weight is 708 g/mol. The molecule has 0 saturated carbocycles. The van der Waals surface area contributed by atoms with Gasteiger partial charge in [0.25, 0.3) is 0 Å². The Bertz CT molecular complexity index is 1640. The number of carbonyl (C=O) groups is 3. The van der Waals surface area contributed by atoms with E-state index in [2.05, 4.69) is 58.4 Å². The van der Waals surface area contributed by atoms with E-state index in [9.17, 15) is 29.7 Å². The summed E-state index contributed by atoms with van der Waals surface area (Å²) in [4.78, 5) is 36.8. The first-order valence-corrected chi connectivity index (χ1v) is 19.0. The molecular formula is C43H53N3O6. The zero-order valence-corrected chi connectivity index (χ0v) is 29.9. The molecule has 3 aromatic rings. The molecule has 3 aromatic carbocycles. The minimum absolute atomic E-state index is 0.114. The topological polar surface area (TPSA) is 148 Å². The molecule has 0 radical (unpaired) electrons. The van der Waals surface area contributed by atoms with Crippen LogP contribution in [0.25, 0.3) is 6.08 Å². The summed E-state index contributed by atoms with van der Waals surface area (Å²) in [6.07, 6.45) is 7.57. The lowest BCUT2D eigenvalue weighted by Crippen LogP contribution is -2.27. The molecule has 6 rings (SSSR count). The highest BCUT2D eigenvalue weighted by Crippen LogP contribution is 2.28. The summed E-state index contributed by atoms with van der Waals surface area (Å²) in [6, 6.07) is 24.7. The summed E-state index contributed by atoms with van der Waals surface area (Å²) in [7, 11) is 0. The third-order valence-electron chi connectivity index (χ3n) is 11.5. The number of benzene rings is 3. The molecule has 0 bridgehead atoms. The van der Waals surface area contributed by atoms with Crippen molar-refractivity contribution >= 4 is 24.0 Å². The van der Waals surface area contributed by atoms with Crippen LogP contribution in [-0.2, 0) is 46.5 Å². The zero-order chi connectivity index (χ0) is 36.5. The Balaban J connectivity index is 1.26. The highest BCUT2D eigenvalue weighted by molar-refractivity contribution is 5.72. The van der Waals surface area contributed by atoms with E-state index in [4.69, 9.17) is 0 Å². The Kier molecular flexibility index (Phi) is 12.9. The van der Waals surface area contributed by atoms with Gasteiger partial charge in [-0.05, 0) is 142 Å². The lowest BCUT2D eigenvalue weighted by Gasteiger charge is -2.20. The molecule has 0 aliphatic carbocycles. The van der Waals surface area contributed by atoms with Gasteiger partial charge >= 0.3 is 17.9 Å². The summed E-state index contributed by atoms with van der Waals surface area (Å²) < 4.78 is 0. The maximum atomic E-state index is 12.3. The second kappa shape index (κ2) is 17.9. The third kappa shape index (κ3) is 10.2. The Morgan fingerprint density at radius 2 is 0.923 bits per heavy atom. The van der Waals surface area contributed by atoms with E-state index >= 15 is 0 Å². The number of nitrogens with one attached hydrogen (secondary N) is 3. The Labute approximate surface area is 306 Å². The number of carboxylic acids is 3. The number of hydrogen-bond donors (Lipinski definition) is 6. The van der Waals surface area contributed by atoms with Crippen LogP contribution in [0.5, 0.6) is 0 Å². The van der Waals surface area contributed by atoms with Gasteiger partial charge in [0.05, 0.1) is 17.8 Å². The SMILES string of the molecule is O=C(O)[C@@H](Cc1cccc(C=C(Cc2cccc(C[C@H](C(=O)O)[C@H]3CCNC3)c2)Cc2cccc(C[C@H](C(=O)O)[C@H]3CCNC3)c2)c1)[C@H]1CCNC1. The fourth-order valence-electron chi connectivity index (χ4n) is 8.66. The minimum atomic E-state index is -0.751. The molecule has 0 aromatic heterocycles. The summed E-state index contributed by atoms with van der Waals surface area (Å²) in [6.45, 7) is 4.76. The molecule has 276 valence electrons. The Morgan fingerprint density at radius 1 is 0.558 bits per heavy atom. The van der Waals surface area contributed by atoms with Gasteiger partial charge < -0.3 is 31.3 Å². The fourth-order valence-corrected chi connectivity index (χ4v) is 8.66. The standard InChI is InChI=1S/C43H53N3O6/c47-41(48)38(35-10-13-44-25-35)22-31-7-1-4-28(16-31)19-34(20-29-5-2-8-32(17-29)23-39(42(49)50)36-11-14-45-26-36)21-30-6-3-9-33(18-30)24-40(43(51)52)37-12-15-46-27-37/h1-9,16-19,35-40,44-46H,10-15,20-27H2,(H,47,48)(H,49,50)(H,51,52)/t35-,36-,37-,38-,39-,40-/m0/s1.